The quantitative estimate of drug-likeness (QED) is 0.662. The fraction of sp³-hybridized carbons (Fsp3) is 0.455. The van der Waals surface area contributed by atoms with Crippen LogP contribution in [0.25, 0.3) is 0 Å². The van der Waals surface area contributed by atoms with Gasteiger partial charge in [0.1, 0.15) is 0 Å². The first-order valence-electron chi connectivity index (χ1n) is 5.26. The highest BCUT2D eigenvalue weighted by Crippen LogP contribution is 2.29. The molecule has 0 radical (unpaired) electrons. The van der Waals surface area contributed by atoms with Gasteiger partial charge >= 0.3 is 12.5 Å². The predicted octanol–water partition coefficient (Wildman–Crippen LogP) is 3.33. The Morgan fingerprint density at radius 2 is 1.53 bits per heavy atom. The van der Waals surface area contributed by atoms with Crippen molar-refractivity contribution < 1.29 is 31.1 Å². The SMILES string of the molecule is FC(F)(F)OCCNCc1ccc(C(F)(F)F)cc1. The topological polar surface area (TPSA) is 21.3 Å². The second-order valence-corrected chi connectivity index (χ2v) is 3.67. The minimum absolute atomic E-state index is 0.0550. The average Bonchev–Trinajstić information content (AvgIpc) is 2.26. The molecule has 1 rings (SSSR count). The molecule has 0 spiro atoms. The molecule has 0 bridgehead atoms. The van der Waals surface area contributed by atoms with E-state index in [4.69, 9.17) is 0 Å². The molecule has 0 saturated heterocycles. The van der Waals surface area contributed by atoms with Crippen molar-refractivity contribution in [3.63, 3.8) is 0 Å². The summed E-state index contributed by atoms with van der Waals surface area (Å²) in [5.41, 5.74) is -0.225. The Labute approximate surface area is 105 Å². The molecule has 0 heterocycles. The maximum Gasteiger partial charge on any atom is 0.522 e. The second-order valence-electron chi connectivity index (χ2n) is 3.67. The Kier molecular flexibility index (Phi) is 5.19. The molecule has 0 aliphatic heterocycles. The van der Waals surface area contributed by atoms with Crippen LogP contribution in [0.3, 0.4) is 0 Å². The highest BCUT2D eigenvalue weighted by atomic mass is 19.4. The van der Waals surface area contributed by atoms with Crippen LogP contribution in [-0.2, 0) is 17.5 Å². The number of ether oxygens (including phenoxy) is 1. The van der Waals surface area contributed by atoms with Crippen molar-refractivity contribution in [3.8, 4) is 0 Å². The predicted molar refractivity (Wildman–Crippen MR) is 55.2 cm³/mol. The Morgan fingerprint density at radius 3 is 2.00 bits per heavy atom. The lowest BCUT2D eigenvalue weighted by molar-refractivity contribution is -0.323. The van der Waals surface area contributed by atoms with Crippen LogP contribution in [-0.4, -0.2) is 19.5 Å². The lowest BCUT2D eigenvalue weighted by Gasteiger charge is -2.09. The highest BCUT2D eigenvalue weighted by Gasteiger charge is 2.30. The zero-order chi connectivity index (χ0) is 14.5. The van der Waals surface area contributed by atoms with Gasteiger partial charge in [-0.05, 0) is 17.7 Å². The first kappa shape index (κ1) is 15.8. The Balaban J connectivity index is 2.31. The third kappa shape index (κ3) is 6.44. The molecule has 108 valence electrons. The molecule has 0 fully saturated rings. The Bertz CT molecular complexity index is 384. The monoisotopic (exact) mass is 287 g/mol. The van der Waals surface area contributed by atoms with Gasteiger partial charge in [0.25, 0.3) is 0 Å². The lowest BCUT2D eigenvalue weighted by atomic mass is 10.1. The average molecular weight is 287 g/mol. The fourth-order valence-corrected chi connectivity index (χ4v) is 1.28. The normalized spacial score (nSPS) is 12.7. The van der Waals surface area contributed by atoms with E-state index >= 15 is 0 Å². The Hall–Kier alpha value is -1.28. The third-order valence-electron chi connectivity index (χ3n) is 2.15. The summed E-state index contributed by atoms with van der Waals surface area (Å²) in [5.74, 6) is 0. The molecule has 1 aromatic rings. The van der Waals surface area contributed by atoms with E-state index in [2.05, 4.69) is 10.1 Å². The number of nitrogens with one attached hydrogen (secondary N) is 1. The maximum atomic E-state index is 12.2. The summed E-state index contributed by atoms with van der Waals surface area (Å²) in [6.45, 7) is -0.440. The van der Waals surface area contributed by atoms with Crippen LogP contribution in [0.4, 0.5) is 26.3 Å². The summed E-state index contributed by atoms with van der Waals surface area (Å²) in [5, 5.41) is 2.63. The van der Waals surface area contributed by atoms with Crippen LogP contribution < -0.4 is 5.32 Å². The molecule has 0 aromatic heterocycles. The van der Waals surface area contributed by atoms with Gasteiger partial charge in [-0.15, -0.1) is 13.2 Å². The van der Waals surface area contributed by atoms with Gasteiger partial charge in [0.05, 0.1) is 12.2 Å². The summed E-state index contributed by atoms with van der Waals surface area (Å²) >= 11 is 0. The van der Waals surface area contributed by atoms with E-state index in [0.29, 0.717) is 5.56 Å². The van der Waals surface area contributed by atoms with Gasteiger partial charge in [0.15, 0.2) is 0 Å². The third-order valence-corrected chi connectivity index (χ3v) is 2.15. The number of halogens is 6. The largest absolute Gasteiger partial charge is 0.522 e. The van der Waals surface area contributed by atoms with Crippen molar-refractivity contribution in [2.24, 2.45) is 0 Å². The molecule has 0 atom stereocenters. The van der Waals surface area contributed by atoms with E-state index in [1.165, 1.54) is 12.1 Å². The van der Waals surface area contributed by atoms with Crippen molar-refractivity contribution in [3.05, 3.63) is 35.4 Å². The summed E-state index contributed by atoms with van der Waals surface area (Å²) in [6, 6.07) is 4.37. The molecular formula is C11H11F6NO. The van der Waals surface area contributed by atoms with E-state index in [9.17, 15) is 26.3 Å². The van der Waals surface area contributed by atoms with Crippen LogP contribution in [0, 0.1) is 0 Å². The zero-order valence-electron chi connectivity index (χ0n) is 9.61. The van der Waals surface area contributed by atoms with Gasteiger partial charge in [-0.25, -0.2) is 0 Å². The van der Waals surface area contributed by atoms with E-state index in [1.807, 2.05) is 0 Å². The van der Waals surface area contributed by atoms with Crippen molar-refractivity contribution >= 4 is 0 Å². The highest BCUT2D eigenvalue weighted by molar-refractivity contribution is 5.24. The zero-order valence-corrected chi connectivity index (χ0v) is 9.61. The number of rotatable bonds is 5. The molecule has 0 aliphatic carbocycles. The second kappa shape index (κ2) is 6.25. The molecule has 1 aromatic carbocycles. The van der Waals surface area contributed by atoms with E-state index in [0.717, 1.165) is 12.1 Å². The van der Waals surface area contributed by atoms with Crippen LogP contribution >= 0.6 is 0 Å². The van der Waals surface area contributed by atoms with Gasteiger partial charge < -0.3 is 5.32 Å². The van der Waals surface area contributed by atoms with E-state index in [-0.39, 0.29) is 13.1 Å². The number of hydrogen-bond acceptors (Lipinski definition) is 2. The minimum atomic E-state index is -4.67. The molecule has 0 aliphatic rings. The van der Waals surface area contributed by atoms with Gasteiger partial charge in [-0.3, -0.25) is 4.74 Å². The molecule has 0 unspecified atom stereocenters. The Morgan fingerprint density at radius 1 is 0.947 bits per heavy atom. The maximum absolute atomic E-state index is 12.2. The summed E-state index contributed by atoms with van der Waals surface area (Å²) < 4.78 is 75.1. The molecule has 2 nitrogen and oxygen atoms in total. The molecule has 19 heavy (non-hydrogen) atoms. The van der Waals surface area contributed by atoms with Gasteiger partial charge in [-0.1, -0.05) is 12.1 Å². The first-order chi connectivity index (χ1) is 8.68. The summed E-state index contributed by atoms with van der Waals surface area (Å²) in [7, 11) is 0. The van der Waals surface area contributed by atoms with Crippen LogP contribution in [0.2, 0.25) is 0 Å². The first-order valence-corrected chi connectivity index (χ1v) is 5.26. The fourth-order valence-electron chi connectivity index (χ4n) is 1.28. The molecule has 8 heteroatoms. The minimum Gasteiger partial charge on any atom is -0.310 e. The van der Waals surface area contributed by atoms with Crippen molar-refractivity contribution in [2.45, 2.75) is 19.1 Å². The summed E-state index contributed by atoms with van der Waals surface area (Å²) in [6.07, 6.45) is -9.07. The standard InChI is InChI=1S/C11H11F6NO/c12-10(13,14)9-3-1-8(2-4-9)7-18-5-6-19-11(15,16)17/h1-4,18H,5-7H2. The van der Waals surface area contributed by atoms with Crippen LogP contribution in [0.1, 0.15) is 11.1 Å². The van der Waals surface area contributed by atoms with Crippen molar-refractivity contribution in [1.29, 1.82) is 0 Å². The number of hydrogen-bond donors (Lipinski definition) is 1. The molecular weight excluding hydrogens is 276 g/mol. The molecule has 1 N–H and O–H groups in total. The molecule has 0 amide bonds. The van der Waals surface area contributed by atoms with Gasteiger partial charge in [-0.2, -0.15) is 13.2 Å². The molecule has 0 saturated carbocycles. The summed E-state index contributed by atoms with van der Waals surface area (Å²) in [4.78, 5) is 0. The van der Waals surface area contributed by atoms with E-state index < -0.39 is 24.7 Å². The van der Waals surface area contributed by atoms with Crippen molar-refractivity contribution in [1.82, 2.24) is 5.32 Å². The van der Waals surface area contributed by atoms with Crippen molar-refractivity contribution in [2.75, 3.05) is 13.2 Å². The smallest absolute Gasteiger partial charge is 0.310 e. The number of alkyl halides is 6. The van der Waals surface area contributed by atoms with Gasteiger partial charge in [0.2, 0.25) is 0 Å². The van der Waals surface area contributed by atoms with Gasteiger partial charge in [0, 0.05) is 13.1 Å². The van der Waals surface area contributed by atoms with Crippen LogP contribution in [0.5, 0.6) is 0 Å². The lowest BCUT2D eigenvalue weighted by Crippen LogP contribution is -2.24. The number of benzene rings is 1. The van der Waals surface area contributed by atoms with E-state index in [1.54, 1.807) is 0 Å². The van der Waals surface area contributed by atoms with Crippen LogP contribution in [0.15, 0.2) is 24.3 Å².